The minimum atomic E-state index is -0.248. The first-order valence-corrected chi connectivity index (χ1v) is 4.32. The summed E-state index contributed by atoms with van der Waals surface area (Å²) in [6.07, 6.45) is 2.43. The second kappa shape index (κ2) is 4.77. The highest BCUT2D eigenvalue weighted by Crippen LogP contribution is 2.12. The summed E-state index contributed by atoms with van der Waals surface area (Å²) in [6.45, 7) is 1.92. The lowest BCUT2D eigenvalue weighted by Gasteiger charge is -2.00. The average Bonchev–Trinajstić information content (AvgIpc) is 2.17. The molecule has 0 radical (unpaired) electrons. The van der Waals surface area contributed by atoms with E-state index in [1.54, 1.807) is 24.3 Å². The Balaban J connectivity index is 2.95. The number of rotatable bonds is 3. The van der Waals surface area contributed by atoms with E-state index in [2.05, 4.69) is 0 Å². The van der Waals surface area contributed by atoms with E-state index in [1.165, 1.54) is 6.07 Å². The van der Waals surface area contributed by atoms with Crippen molar-refractivity contribution >= 4 is 6.08 Å². The van der Waals surface area contributed by atoms with E-state index in [9.17, 15) is 4.39 Å². The molecular weight excluding hydrogens is 167 g/mol. The van der Waals surface area contributed by atoms with Crippen molar-refractivity contribution in [1.82, 2.24) is 0 Å². The quantitative estimate of drug-likeness (QED) is 0.758. The third-order valence-electron chi connectivity index (χ3n) is 1.92. The van der Waals surface area contributed by atoms with Gasteiger partial charge in [0.1, 0.15) is 5.82 Å². The maximum Gasteiger partial charge on any atom is 0.130 e. The van der Waals surface area contributed by atoms with Crippen LogP contribution >= 0.6 is 0 Å². The molecule has 1 nitrogen and oxygen atoms in total. The third-order valence-corrected chi connectivity index (χ3v) is 1.92. The van der Waals surface area contributed by atoms with E-state index in [0.717, 1.165) is 12.0 Å². The fourth-order valence-electron chi connectivity index (χ4n) is 1.07. The Morgan fingerprint density at radius 3 is 2.69 bits per heavy atom. The molecule has 0 unspecified atom stereocenters. The van der Waals surface area contributed by atoms with Gasteiger partial charge in [-0.05, 0) is 18.1 Å². The molecule has 0 saturated carbocycles. The number of hydrogen-bond acceptors (Lipinski definition) is 1. The van der Waals surface area contributed by atoms with Crippen LogP contribution in [0, 0.1) is 5.82 Å². The maximum atomic E-state index is 13.1. The summed E-state index contributed by atoms with van der Waals surface area (Å²) in [4.78, 5) is 0. The first-order valence-electron chi connectivity index (χ1n) is 4.32. The zero-order valence-electron chi connectivity index (χ0n) is 7.63. The molecule has 0 atom stereocenters. The molecule has 0 aromatic heterocycles. The van der Waals surface area contributed by atoms with Gasteiger partial charge >= 0.3 is 0 Å². The van der Waals surface area contributed by atoms with E-state index < -0.39 is 0 Å². The van der Waals surface area contributed by atoms with Crippen LogP contribution in [-0.2, 0) is 0 Å². The van der Waals surface area contributed by atoms with Crippen molar-refractivity contribution in [3.05, 3.63) is 41.2 Å². The maximum absolute atomic E-state index is 13.1. The van der Waals surface area contributed by atoms with Crippen LogP contribution in [0.15, 0.2) is 29.8 Å². The highest BCUT2D eigenvalue weighted by molar-refractivity contribution is 5.53. The van der Waals surface area contributed by atoms with E-state index in [-0.39, 0.29) is 12.4 Å². The number of aliphatic hydroxyl groups excluding tert-OH is 1. The predicted molar refractivity (Wildman–Crippen MR) is 51.8 cm³/mol. The van der Waals surface area contributed by atoms with Crippen molar-refractivity contribution in [2.24, 2.45) is 0 Å². The van der Waals surface area contributed by atoms with Gasteiger partial charge in [0, 0.05) is 5.56 Å². The molecule has 0 bridgehead atoms. The van der Waals surface area contributed by atoms with Crippen molar-refractivity contribution < 1.29 is 9.50 Å². The summed E-state index contributed by atoms with van der Waals surface area (Å²) in [5, 5.41) is 8.89. The lowest BCUT2D eigenvalue weighted by atomic mass is 10.1. The standard InChI is InChI=1S/C11H13FO/c1-2-9(8-13)7-10-5-3-4-6-11(10)12/h3-7,13H,2,8H2,1H3. The zero-order valence-corrected chi connectivity index (χ0v) is 7.63. The zero-order chi connectivity index (χ0) is 9.68. The lowest BCUT2D eigenvalue weighted by Crippen LogP contribution is -1.89. The summed E-state index contributed by atoms with van der Waals surface area (Å²) in [5.41, 5.74) is 1.37. The van der Waals surface area contributed by atoms with Crippen molar-refractivity contribution in [2.45, 2.75) is 13.3 Å². The fourth-order valence-corrected chi connectivity index (χ4v) is 1.07. The fraction of sp³-hybridized carbons (Fsp3) is 0.273. The Hall–Kier alpha value is -1.15. The van der Waals surface area contributed by atoms with Crippen molar-refractivity contribution in [3.63, 3.8) is 0 Å². The minimum absolute atomic E-state index is 0.00909. The van der Waals surface area contributed by atoms with Gasteiger partial charge < -0.3 is 5.11 Å². The van der Waals surface area contributed by atoms with Gasteiger partial charge in [0.25, 0.3) is 0 Å². The van der Waals surface area contributed by atoms with Crippen LogP contribution in [0.5, 0.6) is 0 Å². The summed E-state index contributed by atoms with van der Waals surface area (Å²) >= 11 is 0. The summed E-state index contributed by atoms with van der Waals surface area (Å²) < 4.78 is 13.1. The molecule has 13 heavy (non-hydrogen) atoms. The van der Waals surface area contributed by atoms with Gasteiger partial charge in [-0.2, -0.15) is 0 Å². The molecule has 0 saturated heterocycles. The molecule has 0 fully saturated rings. The number of aliphatic hydroxyl groups is 1. The first-order chi connectivity index (χ1) is 6.27. The Labute approximate surface area is 77.5 Å². The van der Waals surface area contributed by atoms with Gasteiger partial charge in [-0.1, -0.05) is 31.2 Å². The molecule has 0 aliphatic rings. The molecule has 1 aromatic rings. The van der Waals surface area contributed by atoms with Gasteiger partial charge in [0.15, 0.2) is 0 Å². The largest absolute Gasteiger partial charge is 0.392 e. The molecule has 0 aliphatic carbocycles. The molecule has 1 N–H and O–H groups in total. The highest BCUT2D eigenvalue weighted by Gasteiger charge is 1.98. The summed E-state index contributed by atoms with van der Waals surface area (Å²) in [7, 11) is 0. The van der Waals surface area contributed by atoms with Crippen LogP contribution in [0.1, 0.15) is 18.9 Å². The van der Waals surface area contributed by atoms with E-state index in [4.69, 9.17) is 5.11 Å². The summed E-state index contributed by atoms with van der Waals surface area (Å²) in [6, 6.07) is 6.54. The summed E-state index contributed by atoms with van der Waals surface area (Å²) in [5.74, 6) is -0.248. The Bertz CT molecular complexity index is 299. The predicted octanol–water partition coefficient (Wildman–Crippen LogP) is 2.61. The van der Waals surface area contributed by atoms with Gasteiger partial charge in [-0.15, -0.1) is 0 Å². The van der Waals surface area contributed by atoms with Crippen LogP contribution in [0.2, 0.25) is 0 Å². The van der Waals surface area contributed by atoms with E-state index >= 15 is 0 Å². The molecule has 1 rings (SSSR count). The van der Waals surface area contributed by atoms with Crippen LogP contribution < -0.4 is 0 Å². The molecular formula is C11H13FO. The highest BCUT2D eigenvalue weighted by atomic mass is 19.1. The van der Waals surface area contributed by atoms with Gasteiger partial charge in [-0.25, -0.2) is 4.39 Å². The Morgan fingerprint density at radius 1 is 1.46 bits per heavy atom. The molecule has 0 spiro atoms. The number of hydrogen-bond donors (Lipinski definition) is 1. The topological polar surface area (TPSA) is 20.2 Å². The van der Waals surface area contributed by atoms with E-state index in [0.29, 0.717) is 5.56 Å². The molecule has 0 heterocycles. The molecule has 2 heteroatoms. The lowest BCUT2D eigenvalue weighted by molar-refractivity contribution is 0.329. The second-order valence-corrected chi connectivity index (χ2v) is 2.84. The number of benzene rings is 1. The van der Waals surface area contributed by atoms with Crippen LogP contribution in [0.4, 0.5) is 4.39 Å². The molecule has 0 aliphatic heterocycles. The van der Waals surface area contributed by atoms with Crippen LogP contribution in [-0.4, -0.2) is 11.7 Å². The smallest absolute Gasteiger partial charge is 0.130 e. The average molecular weight is 180 g/mol. The number of halogens is 1. The van der Waals surface area contributed by atoms with Gasteiger partial charge in [-0.3, -0.25) is 0 Å². The Morgan fingerprint density at radius 2 is 2.15 bits per heavy atom. The monoisotopic (exact) mass is 180 g/mol. The molecule has 1 aromatic carbocycles. The second-order valence-electron chi connectivity index (χ2n) is 2.84. The van der Waals surface area contributed by atoms with Gasteiger partial charge in [0.2, 0.25) is 0 Å². The normalized spacial score (nSPS) is 11.8. The van der Waals surface area contributed by atoms with Crippen molar-refractivity contribution in [3.8, 4) is 0 Å². The van der Waals surface area contributed by atoms with Crippen molar-refractivity contribution in [1.29, 1.82) is 0 Å². The minimum Gasteiger partial charge on any atom is -0.392 e. The third kappa shape index (κ3) is 2.67. The van der Waals surface area contributed by atoms with Crippen LogP contribution in [0.25, 0.3) is 6.08 Å². The molecule has 0 amide bonds. The Kier molecular flexibility index (Phi) is 3.65. The SMILES string of the molecule is CCC(=Cc1ccccc1F)CO. The first kappa shape index (κ1) is 9.93. The van der Waals surface area contributed by atoms with Crippen LogP contribution in [0.3, 0.4) is 0 Å². The van der Waals surface area contributed by atoms with Crippen molar-refractivity contribution in [2.75, 3.05) is 6.61 Å². The molecule has 70 valence electrons. The van der Waals surface area contributed by atoms with E-state index in [1.807, 2.05) is 6.92 Å². The van der Waals surface area contributed by atoms with Gasteiger partial charge in [0.05, 0.1) is 6.61 Å².